The number of carbonyl (C=O) groups is 2. The lowest BCUT2D eigenvalue weighted by atomic mass is 10.2. The number of amides is 2. The topological polar surface area (TPSA) is 91.3 Å². The second-order valence-electron chi connectivity index (χ2n) is 3.19. The van der Waals surface area contributed by atoms with Crippen LogP contribution in [0.4, 0.5) is 9.93 Å². The van der Waals surface area contributed by atoms with Gasteiger partial charge in [0, 0.05) is 5.38 Å². The molecule has 0 aliphatic rings. The Hall–Kier alpha value is -1.63. The number of carbonyl (C=O) groups excluding carboxylic acids is 1. The van der Waals surface area contributed by atoms with E-state index in [2.05, 4.69) is 15.6 Å². The highest BCUT2D eigenvalue weighted by Gasteiger charge is 2.17. The molecule has 0 spiro atoms. The summed E-state index contributed by atoms with van der Waals surface area (Å²) >= 11 is 1.29. The lowest BCUT2D eigenvalue weighted by molar-refractivity contribution is -0.139. The van der Waals surface area contributed by atoms with E-state index in [1.54, 1.807) is 12.3 Å². The summed E-state index contributed by atoms with van der Waals surface area (Å²) < 4.78 is 0. The maximum absolute atomic E-state index is 11.4. The fraction of sp³-hybridized carbons (Fsp3) is 0.444. The van der Waals surface area contributed by atoms with Crippen molar-refractivity contribution in [2.24, 2.45) is 0 Å². The number of aryl methyl sites for hydroxylation is 1. The van der Waals surface area contributed by atoms with Crippen LogP contribution < -0.4 is 10.6 Å². The van der Waals surface area contributed by atoms with Gasteiger partial charge < -0.3 is 10.4 Å². The van der Waals surface area contributed by atoms with Crippen LogP contribution in [0.2, 0.25) is 0 Å². The van der Waals surface area contributed by atoms with Crippen LogP contribution in [0, 0.1) is 6.92 Å². The Morgan fingerprint density at radius 3 is 2.75 bits per heavy atom. The molecule has 88 valence electrons. The number of nitrogens with zero attached hydrogens (tertiary/aromatic N) is 1. The molecule has 1 aromatic heterocycles. The number of anilines is 1. The Morgan fingerprint density at radius 1 is 1.62 bits per heavy atom. The van der Waals surface area contributed by atoms with E-state index >= 15 is 0 Å². The molecule has 1 heterocycles. The third-order valence-electron chi connectivity index (χ3n) is 1.85. The van der Waals surface area contributed by atoms with E-state index in [0.717, 1.165) is 5.69 Å². The Bertz CT molecular complexity index is 391. The molecule has 6 nitrogen and oxygen atoms in total. The van der Waals surface area contributed by atoms with E-state index in [0.29, 0.717) is 11.6 Å². The largest absolute Gasteiger partial charge is 0.480 e. The van der Waals surface area contributed by atoms with Crippen LogP contribution in [0.1, 0.15) is 19.0 Å². The van der Waals surface area contributed by atoms with Crippen molar-refractivity contribution in [3.05, 3.63) is 11.1 Å². The maximum atomic E-state index is 11.4. The van der Waals surface area contributed by atoms with Gasteiger partial charge in [-0.15, -0.1) is 11.3 Å². The highest BCUT2D eigenvalue weighted by molar-refractivity contribution is 7.13. The number of thiazole rings is 1. The standard InChI is InChI=1S/C9H13N3O3S/c1-3-6(7(13)14)11-8(15)12-9-10-5(2)4-16-9/h4,6H,3H2,1-2H3,(H,13,14)(H2,10,11,12,15). The molecular formula is C9H13N3O3S. The number of urea groups is 1. The Kier molecular flexibility index (Phi) is 4.24. The quantitative estimate of drug-likeness (QED) is 0.746. The van der Waals surface area contributed by atoms with Gasteiger partial charge >= 0.3 is 12.0 Å². The number of aliphatic carboxylic acids is 1. The summed E-state index contributed by atoms with van der Waals surface area (Å²) in [6, 6.07) is -1.43. The van der Waals surface area contributed by atoms with Gasteiger partial charge in [-0.2, -0.15) is 0 Å². The molecule has 3 N–H and O–H groups in total. The van der Waals surface area contributed by atoms with Crippen molar-refractivity contribution in [2.45, 2.75) is 26.3 Å². The monoisotopic (exact) mass is 243 g/mol. The number of hydrogen-bond donors (Lipinski definition) is 3. The molecule has 0 saturated carbocycles. The molecule has 0 aliphatic heterocycles. The molecule has 0 aliphatic carbocycles. The van der Waals surface area contributed by atoms with Crippen LogP contribution in [-0.2, 0) is 4.79 Å². The SMILES string of the molecule is CCC(NC(=O)Nc1nc(C)cs1)C(=O)O. The zero-order chi connectivity index (χ0) is 12.1. The van der Waals surface area contributed by atoms with E-state index in [1.165, 1.54) is 11.3 Å². The Morgan fingerprint density at radius 2 is 2.31 bits per heavy atom. The highest BCUT2D eigenvalue weighted by atomic mass is 32.1. The number of rotatable bonds is 4. The predicted molar refractivity (Wildman–Crippen MR) is 60.7 cm³/mol. The van der Waals surface area contributed by atoms with Crippen LogP contribution in [0.15, 0.2) is 5.38 Å². The number of carboxylic acids is 1. The van der Waals surface area contributed by atoms with Gasteiger partial charge in [0.15, 0.2) is 5.13 Å². The van der Waals surface area contributed by atoms with Crippen LogP contribution in [0.5, 0.6) is 0 Å². The summed E-state index contributed by atoms with van der Waals surface area (Å²) in [5.74, 6) is -1.05. The minimum atomic E-state index is -1.05. The zero-order valence-corrected chi connectivity index (χ0v) is 9.80. The molecule has 0 fully saturated rings. The lowest BCUT2D eigenvalue weighted by Gasteiger charge is -2.11. The Labute approximate surface area is 96.7 Å². The first-order valence-corrected chi connectivity index (χ1v) is 5.63. The summed E-state index contributed by atoms with van der Waals surface area (Å²) in [5, 5.41) is 15.8. The van der Waals surface area contributed by atoms with Gasteiger partial charge in [-0.1, -0.05) is 6.92 Å². The third kappa shape index (κ3) is 3.50. The highest BCUT2D eigenvalue weighted by Crippen LogP contribution is 2.13. The van der Waals surface area contributed by atoms with Crippen molar-refractivity contribution < 1.29 is 14.7 Å². The summed E-state index contributed by atoms with van der Waals surface area (Å²) in [6.45, 7) is 3.50. The van der Waals surface area contributed by atoms with Crippen molar-refractivity contribution in [3.63, 3.8) is 0 Å². The normalized spacial score (nSPS) is 11.9. The number of nitrogens with one attached hydrogen (secondary N) is 2. The lowest BCUT2D eigenvalue weighted by Crippen LogP contribution is -2.42. The third-order valence-corrected chi connectivity index (χ3v) is 2.73. The van der Waals surface area contributed by atoms with E-state index in [-0.39, 0.29) is 0 Å². The van der Waals surface area contributed by atoms with Crippen molar-refractivity contribution in [2.75, 3.05) is 5.32 Å². The van der Waals surface area contributed by atoms with E-state index in [4.69, 9.17) is 5.11 Å². The number of aromatic nitrogens is 1. The first-order valence-electron chi connectivity index (χ1n) is 4.75. The summed E-state index contributed by atoms with van der Waals surface area (Å²) in [4.78, 5) is 26.1. The molecule has 0 bridgehead atoms. The van der Waals surface area contributed by atoms with Crippen molar-refractivity contribution in [1.29, 1.82) is 0 Å². The molecule has 1 atom stereocenters. The zero-order valence-electron chi connectivity index (χ0n) is 8.98. The van der Waals surface area contributed by atoms with E-state index in [1.807, 2.05) is 6.92 Å². The van der Waals surface area contributed by atoms with Gasteiger partial charge in [0.25, 0.3) is 0 Å². The van der Waals surface area contributed by atoms with Gasteiger partial charge in [0.05, 0.1) is 5.69 Å². The van der Waals surface area contributed by atoms with Gasteiger partial charge in [0.2, 0.25) is 0 Å². The molecule has 0 saturated heterocycles. The fourth-order valence-electron chi connectivity index (χ4n) is 1.04. The summed E-state index contributed by atoms with van der Waals surface area (Å²) in [5.41, 5.74) is 0.811. The molecule has 16 heavy (non-hydrogen) atoms. The van der Waals surface area contributed by atoms with Crippen LogP contribution in [0.25, 0.3) is 0 Å². The molecule has 2 amide bonds. The van der Waals surface area contributed by atoms with Crippen LogP contribution in [0.3, 0.4) is 0 Å². The van der Waals surface area contributed by atoms with E-state index < -0.39 is 18.0 Å². The molecule has 0 radical (unpaired) electrons. The maximum Gasteiger partial charge on any atom is 0.326 e. The molecule has 0 aromatic carbocycles. The first kappa shape index (κ1) is 12.4. The van der Waals surface area contributed by atoms with Crippen LogP contribution in [-0.4, -0.2) is 28.1 Å². The predicted octanol–water partition coefficient (Wildman–Crippen LogP) is 1.44. The average Bonchev–Trinajstić information content (AvgIpc) is 2.60. The number of hydrogen-bond acceptors (Lipinski definition) is 4. The second-order valence-corrected chi connectivity index (χ2v) is 4.05. The van der Waals surface area contributed by atoms with Crippen molar-refractivity contribution in [3.8, 4) is 0 Å². The van der Waals surface area contributed by atoms with Gasteiger partial charge in [-0.05, 0) is 13.3 Å². The summed E-state index contributed by atoms with van der Waals surface area (Å²) in [7, 11) is 0. The van der Waals surface area contributed by atoms with Crippen LogP contribution >= 0.6 is 11.3 Å². The fourth-order valence-corrected chi connectivity index (χ4v) is 1.72. The minimum Gasteiger partial charge on any atom is -0.480 e. The Balaban J connectivity index is 2.50. The average molecular weight is 243 g/mol. The smallest absolute Gasteiger partial charge is 0.326 e. The summed E-state index contributed by atoms with van der Waals surface area (Å²) in [6.07, 6.45) is 0.333. The van der Waals surface area contributed by atoms with Crippen molar-refractivity contribution >= 4 is 28.5 Å². The molecule has 1 unspecified atom stereocenters. The van der Waals surface area contributed by atoms with Crippen molar-refractivity contribution in [1.82, 2.24) is 10.3 Å². The molecule has 7 heteroatoms. The van der Waals surface area contributed by atoms with E-state index in [9.17, 15) is 9.59 Å². The minimum absolute atomic E-state index is 0.333. The van der Waals surface area contributed by atoms with Gasteiger partial charge in [-0.3, -0.25) is 5.32 Å². The molecule has 1 aromatic rings. The molecule has 1 rings (SSSR count). The first-order chi connectivity index (χ1) is 7.52. The second kappa shape index (κ2) is 5.45. The van der Waals surface area contributed by atoms with Gasteiger partial charge in [-0.25, -0.2) is 14.6 Å². The number of carboxylic acid groups (broad SMARTS) is 1. The van der Waals surface area contributed by atoms with Gasteiger partial charge in [0.1, 0.15) is 6.04 Å². The molecular weight excluding hydrogens is 230 g/mol.